The lowest BCUT2D eigenvalue weighted by Crippen LogP contribution is -2.49. The molecule has 142 valence electrons. The molecule has 1 aromatic carbocycles. The van der Waals surface area contributed by atoms with E-state index in [0.717, 1.165) is 32.6 Å². The predicted molar refractivity (Wildman–Crippen MR) is 98.4 cm³/mol. The zero-order chi connectivity index (χ0) is 17.2. The molecule has 0 aromatic heterocycles. The molecule has 1 aromatic rings. The van der Waals surface area contributed by atoms with Gasteiger partial charge in [0.15, 0.2) is 0 Å². The summed E-state index contributed by atoms with van der Waals surface area (Å²) in [6.45, 7) is 4.95. The molecule has 3 rings (SSSR count). The van der Waals surface area contributed by atoms with Gasteiger partial charge in [-0.3, -0.25) is 4.90 Å². The lowest BCUT2D eigenvalue weighted by molar-refractivity contribution is 0.179. The van der Waals surface area contributed by atoms with Gasteiger partial charge in [-0.25, -0.2) is 8.42 Å². The molecule has 2 aliphatic rings. The third-order valence-corrected chi connectivity index (χ3v) is 6.67. The zero-order valence-corrected chi connectivity index (χ0v) is 16.2. The highest BCUT2D eigenvalue weighted by Crippen LogP contribution is 2.32. The van der Waals surface area contributed by atoms with Gasteiger partial charge in [0.25, 0.3) is 0 Å². The standard InChI is InChI=1S/C16H25N3O4S.ClH/c1-22-14-3-4-15(23-2)16(11-14)24(20,21)19-8-5-13(12-19)18-9-6-17-7-10-18;/h3-4,11,13,17H,5-10,12H2,1-2H3;1H. The summed E-state index contributed by atoms with van der Waals surface area (Å²) in [6.07, 6.45) is 0.867. The Morgan fingerprint density at radius 3 is 2.48 bits per heavy atom. The Morgan fingerprint density at radius 2 is 1.84 bits per heavy atom. The highest BCUT2D eigenvalue weighted by atomic mass is 35.5. The second-order valence-electron chi connectivity index (χ2n) is 6.11. The van der Waals surface area contributed by atoms with Gasteiger partial charge in [-0.05, 0) is 18.6 Å². The summed E-state index contributed by atoms with van der Waals surface area (Å²) in [4.78, 5) is 2.56. The van der Waals surface area contributed by atoms with Crippen LogP contribution in [-0.2, 0) is 10.0 Å². The first-order chi connectivity index (χ1) is 11.6. The van der Waals surface area contributed by atoms with Gasteiger partial charge in [-0.1, -0.05) is 0 Å². The van der Waals surface area contributed by atoms with Crippen molar-refractivity contribution in [2.45, 2.75) is 17.4 Å². The van der Waals surface area contributed by atoms with Crippen LogP contribution < -0.4 is 14.8 Å². The average molecular weight is 392 g/mol. The minimum Gasteiger partial charge on any atom is -0.497 e. The van der Waals surface area contributed by atoms with Crippen LogP contribution in [0, 0.1) is 0 Å². The summed E-state index contributed by atoms with van der Waals surface area (Å²) >= 11 is 0. The van der Waals surface area contributed by atoms with Crippen LogP contribution in [0.5, 0.6) is 11.5 Å². The van der Waals surface area contributed by atoms with Gasteiger partial charge in [-0.15, -0.1) is 12.4 Å². The van der Waals surface area contributed by atoms with Crippen molar-refractivity contribution in [3.63, 3.8) is 0 Å². The summed E-state index contributed by atoms with van der Waals surface area (Å²) in [5, 5.41) is 3.33. The summed E-state index contributed by atoms with van der Waals surface area (Å²) in [6, 6.07) is 5.16. The van der Waals surface area contributed by atoms with Gasteiger partial charge in [-0.2, -0.15) is 4.31 Å². The number of nitrogens with zero attached hydrogens (tertiary/aromatic N) is 2. The SMILES string of the molecule is COc1ccc(OC)c(S(=O)(=O)N2CCC(N3CCNCC3)C2)c1.Cl. The smallest absolute Gasteiger partial charge is 0.246 e. The molecule has 7 nitrogen and oxygen atoms in total. The molecule has 2 aliphatic heterocycles. The molecule has 0 bridgehead atoms. The van der Waals surface area contributed by atoms with Gasteiger partial charge >= 0.3 is 0 Å². The minimum atomic E-state index is -3.60. The van der Waals surface area contributed by atoms with E-state index in [0.29, 0.717) is 30.6 Å². The first-order valence-corrected chi connectivity index (χ1v) is 9.67. The minimum absolute atomic E-state index is 0. The van der Waals surface area contributed by atoms with Crippen molar-refractivity contribution in [2.24, 2.45) is 0 Å². The van der Waals surface area contributed by atoms with E-state index in [1.165, 1.54) is 20.3 Å². The number of rotatable bonds is 5. The van der Waals surface area contributed by atoms with E-state index in [9.17, 15) is 8.42 Å². The molecule has 0 aliphatic carbocycles. The molecular formula is C16H26ClN3O4S. The second-order valence-corrected chi connectivity index (χ2v) is 8.01. The normalized spacial score (nSPS) is 22.4. The summed E-state index contributed by atoms with van der Waals surface area (Å²) in [7, 11) is -0.597. The highest BCUT2D eigenvalue weighted by molar-refractivity contribution is 7.89. The van der Waals surface area contributed by atoms with E-state index in [1.54, 1.807) is 16.4 Å². The van der Waals surface area contributed by atoms with E-state index in [2.05, 4.69) is 10.2 Å². The number of ether oxygens (including phenoxy) is 2. The maximum Gasteiger partial charge on any atom is 0.246 e. The largest absolute Gasteiger partial charge is 0.497 e. The van der Waals surface area contributed by atoms with Crippen LogP contribution in [0.15, 0.2) is 23.1 Å². The van der Waals surface area contributed by atoms with Crippen molar-refractivity contribution >= 4 is 22.4 Å². The number of methoxy groups -OCH3 is 2. The van der Waals surface area contributed by atoms with Crippen LogP contribution in [0.3, 0.4) is 0 Å². The van der Waals surface area contributed by atoms with E-state index in [1.807, 2.05) is 0 Å². The molecule has 1 N–H and O–H groups in total. The van der Waals surface area contributed by atoms with Gasteiger partial charge in [0.2, 0.25) is 10.0 Å². The molecular weight excluding hydrogens is 366 g/mol. The molecule has 0 spiro atoms. The highest BCUT2D eigenvalue weighted by Gasteiger charge is 2.37. The third kappa shape index (κ3) is 4.20. The van der Waals surface area contributed by atoms with E-state index < -0.39 is 10.0 Å². The van der Waals surface area contributed by atoms with Crippen LogP contribution in [0.1, 0.15) is 6.42 Å². The molecule has 1 unspecified atom stereocenters. The third-order valence-electron chi connectivity index (χ3n) is 4.78. The van der Waals surface area contributed by atoms with E-state index in [-0.39, 0.29) is 17.3 Å². The molecule has 1 atom stereocenters. The van der Waals surface area contributed by atoms with Crippen molar-refractivity contribution < 1.29 is 17.9 Å². The fourth-order valence-corrected chi connectivity index (χ4v) is 5.06. The Morgan fingerprint density at radius 1 is 1.12 bits per heavy atom. The Labute approximate surface area is 155 Å². The number of hydrogen-bond donors (Lipinski definition) is 1. The number of nitrogens with one attached hydrogen (secondary N) is 1. The lowest BCUT2D eigenvalue weighted by atomic mass is 10.2. The van der Waals surface area contributed by atoms with Gasteiger partial charge in [0.05, 0.1) is 14.2 Å². The van der Waals surface area contributed by atoms with Gasteiger partial charge in [0, 0.05) is 51.4 Å². The topological polar surface area (TPSA) is 71.1 Å². The van der Waals surface area contributed by atoms with Crippen molar-refractivity contribution in [1.29, 1.82) is 0 Å². The molecule has 0 saturated carbocycles. The number of sulfonamides is 1. The van der Waals surface area contributed by atoms with Gasteiger partial charge < -0.3 is 14.8 Å². The average Bonchev–Trinajstić information content (AvgIpc) is 3.13. The van der Waals surface area contributed by atoms with E-state index in [4.69, 9.17) is 9.47 Å². The first kappa shape index (κ1) is 20.3. The Balaban J connectivity index is 0.00000225. The van der Waals surface area contributed by atoms with Crippen LogP contribution in [-0.4, -0.2) is 77.2 Å². The predicted octanol–water partition coefficient (Wildman–Crippen LogP) is 0.794. The lowest BCUT2D eigenvalue weighted by Gasteiger charge is -2.32. The number of benzene rings is 1. The Hall–Kier alpha value is -1.06. The molecule has 0 amide bonds. The monoisotopic (exact) mass is 391 g/mol. The van der Waals surface area contributed by atoms with Crippen LogP contribution in [0.2, 0.25) is 0 Å². The molecule has 9 heteroatoms. The fraction of sp³-hybridized carbons (Fsp3) is 0.625. The first-order valence-electron chi connectivity index (χ1n) is 8.23. The Bertz CT molecular complexity index is 680. The molecule has 2 fully saturated rings. The summed E-state index contributed by atoms with van der Waals surface area (Å²) in [5.74, 6) is 0.855. The molecule has 2 heterocycles. The van der Waals surface area contributed by atoms with Crippen molar-refractivity contribution in [2.75, 3.05) is 53.5 Å². The molecule has 25 heavy (non-hydrogen) atoms. The fourth-order valence-electron chi connectivity index (χ4n) is 3.40. The van der Waals surface area contributed by atoms with Gasteiger partial charge in [0.1, 0.15) is 16.4 Å². The van der Waals surface area contributed by atoms with Crippen LogP contribution >= 0.6 is 12.4 Å². The van der Waals surface area contributed by atoms with Crippen molar-refractivity contribution in [3.05, 3.63) is 18.2 Å². The van der Waals surface area contributed by atoms with Crippen molar-refractivity contribution in [3.8, 4) is 11.5 Å². The Kier molecular flexibility index (Phi) is 6.93. The van der Waals surface area contributed by atoms with Crippen LogP contribution in [0.25, 0.3) is 0 Å². The maximum absolute atomic E-state index is 13.1. The van der Waals surface area contributed by atoms with Crippen molar-refractivity contribution in [1.82, 2.24) is 14.5 Å². The number of halogens is 1. The zero-order valence-electron chi connectivity index (χ0n) is 14.6. The quantitative estimate of drug-likeness (QED) is 0.800. The molecule has 2 saturated heterocycles. The maximum atomic E-state index is 13.1. The summed E-state index contributed by atoms with van der Waals surface area (Å²) < 4.78 is 38.1. The van der Waals surface area contributed by atoms with Crippen LogP contribution in [0.4, 0.5) is 0 Å². The number of piperazine rings is 1. The molecule has 0 radical (unpaired) electrons. The second kappa shape index (κ2) is 8.55. The number of hydrogen-bond acceptors (Lipinski definition) is 6. The van der Waals surface area contributed by atoms with E-state index >= 15 is 0 Å². The summed E-state index contributed by atoms with van der Waals surface area (Å²) in [5.41, 5.74) is 0.